The molecule has 0 fully saturated rings. The van der Waals surface area contributed by atoms with Crippen LogP contribution >= 0.6 is 11.3 Å². The number of nitrogens with one attached hydrogen (secondary N) is 1. The van der Waals surface area contributed by atoms with Crippen molar-refractivity contribution in [2.75, 3.05) is 5.32 Å². The summed E-state index contributed by atoms with van der Waals surface area (Å²) in [6.07, 6.45) is -2.03. The standard InChI is InChI=1S/C16H12F2N2O3S/c1-8(14-10(17)3-2-4-11(14)18)23-9-5-6-12-13(7-9)24-15(19-12)20-16(21)22/h2-8H,1H3,(H,19,20)(H,21,22). The first-order chi connectivity index (χ1) is 11.4. The maximum atomic E-state index is 13.8. The number of rotatable bonds is 4. The number of carboxylic acid groups (broad SMARTS) is 1. The normalized spacial score (nSPS) is 12.1. The lowest BCUT2D eigenvalue weighted by Crippen LogP contribution is -2.08. The van der Waals surface area contributed by atoms with E-state index in [4.69, 9.17) is 9.84 Å². The van der Waals surface area contributed by atoms with Gasteiger partial charge in [-0.1, -0.05) is 17.4 Å². The second kappa shape index (κ2) is 6.40. The minimum absolute atomic E-state index is 0.143. The zero-order chi connectivity index (χ0) is 17.3. The van der Waals surface area contributed by atoms with Crippen LogP contribution in [-0.2, 0) is 0 Å². The van der Waals surface area contributed by atoms with E-state index in [9.17, 15) is 13.6 Å². The van der Waals surface area contributed by atoms with Crippen LogP contribution < -0.4 is 10.1 Å². The van der Waals surface area contributed by atoms with Gasteiger partial charge >= 0.3 is 6.09 Å². The van der Waals surface area contributed by atoms with Crippen LogP contribution in [0.2, 0.25) is 0 Å². The number of hydrogen-bond donors (Lipinski definition) is 2. The van der Waals surface area contributed by atoms with Crippen molar-refractivity contribution in [2.45, 2.75) is 13.0 Å². The van der Waals surface area contributed by atoms with E-state index in [0.717, 1.165) is 11.3 Å². The number of aromatic nitrogens is 1. The van der Waals surface area contributed by atoms with Crippen LogP contribution in [0.15, 0.2) is 36.4 Å². The van der Waals surface area contributed by atoms with Gasteiger partial charge in [-0.2, -0.15) is 0 Å². The molecule has 0 saturated carbocycles. The summed E-state index contributed by atoms with van der Waals surface area (Å²) in [4.78, 5) is 14.7. The number of amides is 1. The molecule has 0 spiro atoms. The molecule has 0 bridgehead atoms. The molecule has 0 aliphatic carbocycles. The third-order valence-electron chi connectivity index (χ3n) is 3.29. The van der Waals surface area contributed by atoms with Crippen molar-refractivity contribution < 1.29 is 23.4 Å². The number of nitrogens with zero attached hydrogens (tertiary/aromatic N) is 1. The predicted octanol–water partition coefficient (Wildman–Crippen LogP) is 4.80. The van der Waals surface area contributed by atoms with E-state index in [1.54, 1.807) is 25.1 Å². The Morgan fingerprint density at radius 3 is 2.67 bits per heavy atom. The molecule has 124 valence electrons. The minimum atomic E-state index is -1.20. The monoisotopic (exact) mass is 350 g/mol. The summed E-state index contributed by atoms with van der Waals surface area (Å²) in [5.74, 6) is -0.938. The molecule has 1 atom stereocenters. The summed E-state index contributed by atoms with van der Waals surface area (Å²) in [5.41, 5.74) is 0.455. The fourth-order valence-corrected chi connectivity index (χ4v) is 3.17. The van der Waals surface area contributed by atoms with Gasteiger partial charge in [-0.3, -0.25) is 5.32 Å². The number of halogens is 2. The largest absolute Gasteiger partial charge is 0.486 e. The molecule has 24 heavy (non-hydrogen) atoms. The summed E-state index contributed by atoms with van der Waals surface area (Å²) < 4.78 is 33.9. The van der Waals surface area contributed by atoms with Crippen LogP contribution in [0.4, 0.5) is 18.7 Å². The molecule has 0 aliphatic rings. The van der Waals surface area contributed by atoms with Gasteiger partial charge in [-0.15, -0.1) is 0 Å². The minimum Gasteiger partial charge on any atom is -0.486 e. The van der Waals surface area contributed by atoms with Gasteiger partial charge in [-0.25, -0.2) is 18.6 Å². The Hall–Kier alpha value is -2.74. The Balaban J connectivity index is 1.85. The Morgan fingerprint density at radius 2 is 2.00 bits per heavy atom. The van der Waals surface area contributed by atoms with Crippen molar-refractivity contribution >= 4 is 32.8 Å². The highest BCUT2D eigenvalue weighted by molar-refractivity contribution is 7.22. The second-order valence-corrected chi connectivity index (χ2v) is 6.00. The van der Waals surface area contributed by atoms with E-state index < -0.39 is 23.8 Å². The molecule has 2 N–H and O–H groups in total. The average Bonchev–Trinajstić information content (AvgIpc) is 2.87. The van der Waals surface area contributed by atoms with Crippen LogP contribution in [-0.4, -0.2) is 16.2 Å². The molecular formula is C16H12F2N2O3S. The van der Waals surface area contributed by atoms with E-state index in [1.807, 2.05) is 0 Å². The number of benzene rings is 2. The fraction of sp³-hybridized carbons (Fsp3) is 0.125. The van der Waals surface area contributed by atoms with Gasteiger partial charge in [0.25, 0.3) is 0 Å². The Bertz CT molecular complexity index is 893. The highest BCUT2D eigenvalue weighted by atomic mass is 32.1. The van der Waals surface area contributed by atoms with Crippen LogP contribution in [0.1, 0.15) is 18.6 Å². The van der Waals surface area contributed by atoms with E-state index >= 15 is 0 Å². The maximum Gasteiger partial charge on any atom is 0.410 e. The van der Waals surface area contributed by atoms with E-state index in [1.165, 1.54) is 18.2 Å². The summed E-state index contributed by atoms with van der Waals surface area (Å²) in [6.45, 7) is 1.55. The van der Waals surface area contributed by atoms with Crippen LogP contribution in [0.3, 0.4) is 0 Å². The lowest BCUT2D eigenvalue weighted by molar-refractivity contribution is 0.209. The van der Waals surface area contributed by atoms with Crippen molar-refractivity contribution in [3.05, 3.63) is 53.6 Å². The Morgan fingerprint density at radius 1 is 1.29 bits per heavy atom. The third-order valence-corrected chi connectivity index (χ3v) is 4.23. The molecule has 1 heterocycles. The molecule has 5 nitrogen and oxygen atoms in total. The van der Waals surface area contributed by atoms with Gasteiger partial charge in [0.1, 0.15) is 23.5 Å². The molecular weight excluding hydrogens is 338 g/mol. The van der Waals surface area contributed by atoms with Gasteiger partial charge in [-0.05, 0) is 37.3 Å². The first kappa shape index (κ1) is 16.1. The molecule has 3 aromatic rings. The molecule has 0 saturated heterocycles. The summed E-state index contributed by atoms with van der Waals surface area (Å²) in [7, 11) is 0. The van der Waals surface area contributed by atoms with Gasteiger partial charge in [0.05, 0.1) is 15.8 Å². The lowest BCUT2D eigenvalue weighted by atomic mass is 10.1. The first-order valence-electron chi connectivity index (χ1n) is 6.95. The first-order valence-corrected chi connectivity index (χ1v) is 7.77. The Labute approximate surface area is 139 Å². The third kappa shape index (κ3) is 3.28. The van der Waals surface area contributed by atoms with E-state index in [-0.39, 0.29) is 10.7 Å². The van der Waals surface area contributed by atoms with E-state index in [2.05, 4.69) is 10.3 Å². The SMILES string of the molecule is CC(Oc1ccc2nc(NC(=O)O)sc2c1)c1c(F)cccc1F. The quantitative estimate of drug-likeness (QED) is 0.709. The van der Waals surface area contributed by atoms with Gasteiger partial charge < -0.3 is 9.84 Å². The number of ether oxygens (including phenoxy) is 1. The van der Waals surface area contributed by atoms with Crippen molar-refractivity contribution in [1.29, 1.82) is 0 Å². The van der Waals surface area contributed by atoms with Crippen molar-refractivity contribution in [1.82, 2.24) is 4.98 Å². The molecule has 0 radical (unpaired) electrons. The number of carbonyl (C=O) groups is 1. The number of fused-ring (bicyclic) bond motifs is 1. The molecule has 1 amide bonds. The van der Waals surface area contributed by atoms with Crippen LogP contribution in [0.25, 0.3) is 10.2 Å². The fourth-order valence-electron chi connectivity index (χ4n) is 2.29. The average molecular weight is 350 g/mol. The second-order valence-electron chi connectivity index (χ2n) is 4.97. The molecule has 0 aliphatic heterocycles. The Kier molecular flexibility index (Phi) is 4.30. The van der Waals surface area contributed by atoms with Crippen molar-refractivity contribution in [3.63, 3.8) is 0 Å². The summed E-state index contributed by atoms with van der Waals surface area (Å²) >= 11 is 1.14. The van der Waals surface area contributed by atoms with Crippen molar-refractivity contribution in [2.24, 2.45) is 0 Å². The zero-order valence-corrected chi connectivity index (χ0v) is 13.2. The number of thiazole rings is 1. The lowest BCUT2D eigenvalue weighted by Gasteiger charge is -2.16. The molecule has 3 rings (SSSR count). The number of hydrogen-bond acceptors (Lipinski definition) is 4. The van der Waals surface area contributed by atoms with Crippen LogP contribution in [0.5, 0.6) is 5.75 Å². The molecule has 1 aromatic heterocycles. The summed E-state index contributed by atoms with van der Waals surface area (Å²) in [6, 6.07) is 8.56. The summed E-state index contributed by atoms with van der Waals surface area (Å²) in [5, 5.41) is 11.1. The van der Waals surface area contributed by atoms with Crippen LogP contribution in [0, 0.1) is 11.6 Å². The topological polar surface area (TPSA) is 71.5 Å². The predicted molar refractivity (Wildman–Crippen MR) is 86.7 cm³/mol. The molecule has 8 heteroatoms. The van der Waals surface area contributed by atoms with E-state index in [0.29, 0.717) is 16.0 Å². The molecule has 1 unspecified atom stereocenters. The smallest absolute Gasteiger partial charge is 0.410 e. The highest BCUT2D eigenvalue weighted by Gasteiger charge is 2.18. The van der Waals surface area contributed by atoms with Crippen molar-refractivity contribution in [3.8, 4) is 5.75 Å². The maximum absolute atomic E-state index is 13.8. The number of anilines is 1. The highest BCUT2D eigenvalue weighted by Crippen LogP contribution is 2.32. The van der Waals surface area contributed by atoms with Gasteiger partial charge in [0, 0.05) is 0 Å². The zero-order valence-electron chi connectivity index (χ0n) is 12.4. The molecule has 2 aromatic carbocycles. The van der Waals surface area contributed by atoms with Gasteiger partial charge in [0.15, 0.2) is 5.13 Å². The van der Waals surface area contributed by atoms with Gasteiger partial charge in [0.2, 0.25) is 0 Å².